The second kappa shape index (κ2) is 5.46. The van der Waals surface area contributed by atoms with E-state index in [2.05, 4.69) is 26.6 Å². The molecule has 0 saturated heterocycles. The summed E-state index contributed by atoms with van der Waals surface area (Å²) in [5.74, 6) is 0.508. The van der Waals surface area contributed by atoms with E-state index in [4.69, 9.17) is 5.73 Å². The van der Waals surface area contributed by atoms with Crippen molar-refractivity contribution in [2.75, 3.05) is 11.1 Å². The lowest BCUT2D eigenvalue weighted by Gasteiger charge is -2.08. The number of nitrogens with one attached hydrogen (secondary N) is 2. The average Bonchev–Trinajstić information content (AvgIpc) is 2.97. The molecule has 0 radical (unpaired) electrons. The molecule has 0 aliphatic heterocycles. The van der Waals surface area contributed by atoms with Crippen molar-refractivity contribution in [2.24, 2.45) is 0 Å². The standard InChI is InChI=1S/C18H15N5/c19-18-16-9-12(6-7-17(16)22-23-18)13-8-15(11-20-10-13)21-14-4-2-1-3-5-14/h1-11,21H,(H3,19,22,23). The van der Waals surface area contributed by atoms with Gasteiger partial charge in [0.1, 0.15) is 0 Å². The van der Waals surface area contributed by atoms with E-state index in [1.165, 1.54) is 0 Å². The van der Waals surface area contributed by atoms with Crippen molar-refractivity contribution < 1.29 is 0 Å². The number of H-pyrrole nitrogens is 1. The van der Waals surface area contributed by atoms with Crippen molar-refractivity contribution >= 4 is 28.1 Å². The Morgan fingerprint density at radius 3 is 2.61 bits per heavy atom. The number of rotatable bonds is 3. The first kappa shape index (κ1) is 13.3. The fraction of sp³-hybridized carbons (Fsp3) is 0. The fourth-order valence-corrected chi connectivity index (χ4v) is 2.57. The van der Waals surface area contributed by atoms with Gasteiger partial charge in [0.25, 0.3) is 0 Å². The molecule has 112 valence electrons. The number of anilines is 3. The van der Waals surface area contributed by atoms with Crippen LogP contribution in [0.2, 0.25) is 0 Å². The van der Waals surface area contributed by atoms with Gasteiger partial charge in [-0.2, -0.15) is 5.10 Å². The zero-order chi connectivity index (χ0) is 15.6. The average molecular weight is 301 g/mol. The van der Waals surface area contributed by atoms with Crippen LogP contribution in [0, 0.1) is 0 Å². The number of nitrogens with zero attached hydrogens (tertiary/aromatic N) is 2. The molecule has 0 spiro atoms. The molecule has 2 aromatic carbocycles. The molecule has 0 aliphatic carbocycles. The normalized spacial score (nSPS) is 10.8. The number of para-hydroxylation sites is 1. The van der Waals surface area contributed by atoms with Crippen molar-refractivity contribution in [3.63, 3.8) is 0 Å². The molecule has 0 atom stereocenters. The molecule has 2 heterocycles. The van der Waals surface area contributed by atoms with Crippen molar-refractivity contribution in [3.05, 3.63) is 67.0 Å². The number of nitrogens with two attached hydrogens (primary N) is 1. The molecule has 2 aromatic heterocycles. The Morgan fingerprint density at radius 1 is 0.870 bits per heavy atom. The Labute approximate surface area is 133 Å². The number of aromatic amines is 1. The fourth-order valence-electron chi connectivity index (χ4n) is 2.57. The summed E-state index contributed by atoms with van der Waals surface area (Å²) in [6.45, 7) is 0. The highest BCUT2D eigenvalue weighted by atomic mass is 15.1. The van der Waals surface area contributed by atoms with Crippen LogP contribution in [0.3, 0.4) is 0 Å². The van der Waals surface area contributed by atoms with Crippen molar-refractivity contribution in [2.45, 2.75) is 0 Å². The van der Waals surface area contributed by atoms with Gasteiger partial charge in [-0.3, -0.25) is 10.1 Å². The molecule has 4 N–H and O–H groups in total. The molecule has 5 nitrogen and oxygen atoms in total. The first-order valence-corrected chi connectivity index (χ1v) is 7.31. The van der Waals surface area contributed by atoms with Crippen LogP contribution >= 0.6 is 0 Å². The third-order valence-corrected chi connectivity index (χ3v) is 3.73. The first-order chi connectivity index (χ1) is 11.3. The van der Waals surface area contributed by atoms with Crippen LogP contribution < -0.4 is 11.1 Å². The monoisotopic (exact) mass is 301 g/mol. The van der Waals surface area contributed by atoms with Gasteiger partial charge in [-0.1, -0.05) is 24.3 Å². The molecule has 0 amide bonds. The number of aromatic nitrogens is 3. The van der Waals surface area contributed by atoms with E-state index < -0.39 is 0 Å². The third kappa shape index (κ3) is 2.60. The number of nitrogen functional groups attached to an aromatic ring is 1. The van der Waals surface area contributed by atoms with Gasteiger partial charge in [-0.15, -0.1) is 0 Å². The Bertz CT molecular complexity index is 959. The van der Waals surface area contributed by atoms with Crippen LogP contribution in [0.1, 0.15) is 0 Å². The van der Waals surface area contributed by atoms with Gasteiger partial charge < -0.3 is 11.1 Å². The van der Waals surface area contributed by atoms with Gasteiger partial charge in [0.15, 0.2) is 5.82 Å². The summed E-state index contributed by atoms with van der Waals surface area (Å²) >= 11 is 0. The zero-order valence-electron chi connectivity index (χ0n) is 12.3. The van der Waals surface area contributed by atoms with Gasteiger partial charge >= 0.3 is 0 Å². The SMILES string of the molecule is Nc1n[nH]c2ccc(-c3cncc(Nc4ccccc4)c3)cc12. The lowest BCUT2D eigenvalue weighted by molar-refractivity contribution is 1.13. The summed E-state index contributed by atoms with van der Waals surface area (Å²) in [5, 5.41) is 11.2. The van der Waals surface area contributed by atoms with Crippen LogP contribution in [0.5, 0.6) is 0 Å². The van der Waals surface area contributed by atoms with E-state index in [0.29, 0.717) is 5.82 Å². The lowest BCUT2D eigenvalue weighted by atomic mass is 10.1. The van der Waals surface area contributed by atoms with Crippen LogP contribution in [-0.2, 0) is 0 Å². The highest BCUT2D eigenvalue weighted by Gasteiger charge is 2.06. The first-order valence-electron chi connectivity index (χ1n) is 7.31. The van der Waals surface area contributed by atoms with Crippen LogP contribution in [0.4, 0.5) is 17.2 Å². The molecule has 23 heavy (non-hydrogen) atoms. The summed E-state index contributed by atoms with van der Waals surface area (Å²) in [6.07, 6.45) is 3.65. The third-order valence-electron chi connectivity index (χ3n) is 3.73. The number of pyridine rings is 1. The van der Waals surface area contributed by atoms with Gasteiger partial charge in [0, 0.05) is 22.8 Å². The maximum Gasteiger partial charge on any atom is 0.153 e. The summed E-state index contributed by atoms with van der Waals surface area (Å²) in [6, 6.07) is 18.1. The molecule has 4 aromatic rings. The van der Waals surface area contributed by atoms with Gasteiger partial charge in [-0.05, 0) is 35.9 Å². The number of benzene rings is 2. The molecule has 5 heteroatoms. The molecule has 4 rings (SSSR count). The van der Waals surface area contributed by atoms with Gasteiger partial charge in [-0.25, -0.2) is 0 Å². The Hall–Kier alpha value is -3.34. The van der Waals surface area contributed by atoms with E-state index in [1.807, 2.05) is 54.7 Å². The highest BCUT2D eigenvalue weighted by molar-refractivity contribution is 5.92. The second-order valence-electron chi connectivity index (χ2n) is 5.32. The van der Waals surface area contributed by atoms with E-state index in [0.717, 1.165) is 33.4 Å². The van der Waals surface area contributed by atoms with Crippen LogP contribution in [0.15, 0.2) is 67.0 Å². The predicted octanol–water partition coefficient (Wildman–Crippen LogP) is 3.95. The number of fused-ring (bicyclic) bond motifs is 1. The second-order valence-corrected chi connectivity index (χ2v) is 5.32. The molecule has 0 aliphatic rings. The number of hydrogen-bond donors (Lipinski definition) is 3. The predicted molar refractivity (Wildman–Crippen MR) is 93.5 cm³/mol. The minimum absolute atomic E-state index is 0.508. The maximum absolute atomic E-state index is 5.88. The van der Waals surface area contributed by atoms with E-state index >= 15 is 0 Å². The Morgan fingerprint density at radius 2 is 1.74 bits per heavy atom. The molecule has 0 bridgehead atoms. The molecular weight excluding hydrogens is 286 g/mol. The summed E-state index contributed by atoms with van der Waals surface area (Å²) in [5.41, 5.74) is 10.9. The van der Waals surface area contributed by atoms with E-state index in [9.17, 15) is 0 Å². The molecule has 0 fully saturated rings. The van der Waals surface area contributed by atoms with Crippen molar-refractivity contribution in [1.29, 1.82) is 0 Å². The molecule has 0 unspecified atom stereocenters. The smallest absolute Gasteiger partial charge is 0.153 e. The minimum Gasteiger partial charge on any atom is -0.382 e. The van der Waals surface area contributed by atoms with Crippen molar-refractivity contribution in [3.8, 4) is 11.1 Å². The van der Waals surface area contributed by atoms with E-state index in [1.54, 1.807) is 6.20 Å². The molecular formula is C18H15N5. The summed E-state index contributed by atoms with van der Waals surface area (Å²) in [7, 11) is 0. The summed E-state index contributed by atoms with van der Waals surface area (Å²) < 4.78 is 0. The van der Waals surface area contributed by atoms with Crippen molar-refractivity contribution in [1.82, 2.24) is 15.2 Å². The Kier molecular flexibility index (Phi) is 3.16. The maximum atomic E-state index is 5.88. The zero-order valence-corrected chi connectivity index (χ0v) is 12.3. The topological polar surface area (TPSA) is 79.6 Å². The van der Waals surface area contributed by atoms with Crippen LogP contribution in [0.25, 0.3) is 22.0 Å². The minimum atomic E-state index is 0.508. The largest absolute Gasteiger partial charge is 0.382 e. The highest BCUT2D eigenvalue weighted by Crippen LogP contribution is 2.28. The van der Waals surface area contributed by atoms with Gasteiger partial charge in [0.05, 0.1) is 17.4 Å². The molecule has 0 saturated carbocycles. The van der Waals surface area contributed by atoms with Crippen LogP contribution in [-0.4, -0.2) is 15.2 Å². The Balaban J connectivity index is 1.70. The lowest BCUT2D eigenvalue weighted by Crippen LogP contribution is -1.91. The quantitative estimate of drug-likeness (QED) is 0.535. The summed E-state index contributed by atoms with van der Waals surface area (Å²) in [4.78, 5) is 4.33. The van der Waals surface area contributed by atoms with Gasteiger partial charge in [0.2, 0.25) is 0 Å². The van der Waals surface area contributed by atoms with E-state index in [-0.39, 0.29) is 0 Å². The number of hydrogen-bond acceptors (Lipinski definition) is 4.